The van der Waals surface area contributed by atoms with E-state index in [0.29, 0.717) is 22.9 Å². The van der Waals surface area contributed by atoms with Crippen LogP contribution in [0.1, 0.15) is 37.0 Å². The maximum atomic E-state index is 12.2. The van der Waals surface area contributed by atoms with E-state index in [0.717, 1.165) is 0 Å². The Labute approximate surface area is 144 Å². The van der Waals surface area contributed by atoms with Crippen LogP contribution in [0.25, 0.3) is 0 Å². The van der Waals surface area contributed by atoms with Gasteiger partial charge in [-0.3, -0.25) is 14.2 Å². The standard InChI is InChI=1S/C15H20ClN5O3/c1-5-20-7-12(14(19-20)15(23)24-9(2)3)17-13(22)8-21-6-11(16)10(4)18-21/h6-7,9H,5,8H2,1-4H3,(H,17,22). The molecule has 9 heteroatoms. The number of carbonyl (C=O) groups is 2. The molecule has 2 heterocycles. The molecule has 8 nitrogen and oxygen atoms in total. The van der Waals surface area contributed by atoms with Crippen molar-refractivity contribution < 1.29 is 14.3 Å². The lowest BCUT2D eigenvalue weighted by molar-refractivity contribution is -0.116. The zero-order chi connectivity index (χ0) is 17.9. The maximum Gasteiger partial charge on any atom is 0.361 e. The van der Waals surface area contributed by atoms with Crippen LogP contribution in [0.15, 0.2) is 12.4 Å². The van der Waals surface area contributed by atoms with Gasteiger partial charge in [-0.25, -0.2) is 4.79 Å². The van der Waals surface area contributed by atoms with Gasteiger partial charge in [0.2, 0.25) is 5.91 Å². The van der Waals surface area contributed by atoms with Gasteiger partial charge in [0.05, 0.1) is 22.5 Å². The lowest BCUT2D eigenvalue weighted by atomic mass is 10.3. The summed E-state index contributed by atoms with van der Waals surface area (Å²) < 4.78 is 8.14. The average molecular weight is 354 g/mol. The van der Waals surface area contributed by atoms with E-state index in [1.165, 1.54) is 4.68 Å². The smallest absolute Gasteiger partial charge is 0.361 e. The van der Waals surface area contributed by atoms with Crippen LogP contribution in [0.5, 0.6) is 0 Å². The van der Waals surface area contributed by atoms with Crippen molar-refractivity contribution in [3.63, 3.8) is 0 Å². The molecule has 0 aliphatic carbocycles. The van der Waals surface area contributed by atoms with Crippen molar-refractivity contribution in [3.05, 3.63) is 28.8 Å². The second kappa shape index (κ2) is 7.48. The van der Waals surface area contributed by atoms with E-state index in [9.17, 15) is 9.59 Å². The van der Waals surface area contributed by atoms with Crippen molar-refractivity contribution in [2.24, 2.45) is 0 Å². The van der Waals surface area contributed by atoms with E-state index in [-0.39, 0.29) is 24.2 Å². The molecule has 0 saturated heterocycles. The van der Waals surface area contributed by atoms with Gasteiger partial charge in [0.15, 0.2) is 5.69 Å². The molecule has 1 amide bonds. The van der Waals surface area contributed by atoms with Gasteiger partial charge in [0.1, 0.15) is 6.54 Å². The zero-order valence-electron chi connectivity index (χ0n) is 14.0. The highest BCUT2D eigenvalue weighted by Crippen LogP contribution is 2.17. The molecule has 1 N–H and O–H groups in total. The van der Waals surface area contributed by atoms with Crippen molar-refractivity contribution in [3.8, 4) is 0 Å². The summed E-state index contributed by atoms with van der Waals surface area (Å²) in [5.74, 6) is -0.922. The summed E-state index contributed by atoms with van der Waals surface area (Å²) in [4.78, 5) is 24.3. The first-order chi connectivity index (χ1) is 11.3. The Kier molecular flexibility index (Phi) is 5.61. The van der Waals surface area contributed by atoms with Crippen molar-refractivity contribution in [2.75, 3.05) is 5.32 Å². The van der Waals surface area contributed by atoms with E-state index < -0.39 is 5.97 Å². The molecule has 2 aromatic rings. The number of esters is 1. The highest BCUT2D eigenvalue weighted by atomic mass is 35.5. The molecule has 24 heavy (non-hydrogen) atoms. The fourth-order valence-electron chi connectivity index (χ4n) is 2.01. The molecular formula is C15H20ClN5O3. The van der Waals surface area contributed by atoms with Crippen molar-refractivity contribution in [2.45, 2.75) is 46.9 Å². The van der Waals surface area contributed by atoms with Gasteiger partial charge in [-0.2, -0.15) is 10.2 Å². The van der Waals surface area contributed by atoms with Gasteiger partial charge in [-0.15, -0.1) is 0 Å². The second-order valence-corrected chi connectivity index (χ2v) is 5.92. The average Bonchev–Trinajstić information content (AvgIpc) is 3.02. The van der Waals surface area contributed by atoms with Crippen molar-refractivity contribution in [1.82, 2.24) is 19.6 Å². The van der Waals surface area contributed by atoms with E-state index >= 15 is 0 Å². The summed E-state index contributed by atoms with van der Waals surface area (Å²) in [5.41, 5.74) is 1.03. The van der Waals surface area contributed by atoms with Crippen LogP contribution < -0.4 is 5.32 Å². The Balaban J connectivity index is 2.14. The van der Waals surface area contributed by atoms with Crippen LogP contribution in [0.4, 0.5) is 5.69 Å². The zero-order valence-corrected chi connectivity index (χ0v) is 14.8. The minimum absolute atomic E-state index is 0.0243. The summed E-state index contributed by atoms with van der Waals surface area (Å²) >= 11 is 5.92. The van der Waals surface area contributed by atoms with Gasteiger partial charge in [0.25, 0.3) is 0 Å². The Morgan fingerprint density at radius 3 is 2.54 bits per heavy atom. The predicted octanol–water partition coefficient (Wildman–Crippen LogP) is 2.27. The SMILES string of the molecule is CCn1cc(NC(=O)Cn2cc(Cl)c(C)n2)c(C(=O)OC(C)C)n1. The third kappa shape index (κ3) is 4.35. The first-order valence-electron chi connectivity index (χ1n) is 7.58. The van der Waals surface area contributed by atoms with E-state index in [1.54, 1.807) is 37.8 Å². The fourth-order valence-corrected chi connectivity index (χ4v) is 2.16. The lowest BCUT2D eigenvalue weighted by Crippen LogP contribution is -2.21. The molecule has 0 radical (unpaired) electrons. The molecule has 0 aliphatic rings. The lowest BCUT2D eigenvalue weighted by Gasteiger charge is -2.08. The van der Waals surface area contributed by atoms with Gasteiger partial charge in [-0.1, -0.05) is 11.6 Å². The second-order valence-electron chi connectivity index (χ2n) is 5.51. The van der Waals surface area contributed by atoms with Crippen molar-refractivity contribution >= 4 is 29.2 Å². The number of nitrogens with zero attached hydrogens (tertiary/aromatic N) is 4. The minimum atomic E-state index is -0.578. The van der Waals surface area contributed by atoms with Gasteiger partial charge >= 0.3 is 5.97 Å². The Hall–Kier alpha value is -2.35. The number of halogens is 1. The highest BCUT2D eigenvalue weighted by molar-refractivity contribution is 6.31. The number of hydrogen-bond donors (Lipinski definition) is 1. The molecule has 0 spiro atoms. The molecule has 0 bridgehead atoms. The quantitative estimate of drug-likeness (QED) is 0.804. The van der Waals surface area contributed by atoms with Gasteiger partial charge in [0, 0.05) is 18.9 Å². The Bertz CT molecular complexity index is 731. The molecule has 0 fully saturated rings. The number of rotatable bonds is 6. The first kappa shape index (κ1) is 18.0. The number of aryl methyl sites for hydroxylation is 2. The van der Waals surface area contributed by atoms with Crippen LogP contribution in [0.2, 0.25) is 5.02 Å². The van der Waals surface area contributed by atoms with Crippen molar-refractivity contribution in [1.29, 1.82) is 0 Å². The molecule has 0 atom stereocenters. The summed E-state index contributed by atoms with van der Waals surface area (Å²) in [6.07, 6.45) is 2.89. The molecule has 2 aromatic heterocycles. The number of aromatic nitrogens is 4. The first-order valence-corrected chi connectivity index (χ1v) is 7.95. The van der Waals surface area contributed by atoms with E-state index in [4.69, 9.17) is 16.3 Å². The molecular weight excluding hydrogens is 334 g/mol. The maximum absolute atomic E-state index is 12.2. The predicted molar refractivity (Wildman–Crippen MR) is 89.1 cm³/mol. The van der Waals surface area contributed by atoms with Gasteiger partial charge in [-0.05, 0) is 27.7 Å². The summed E-state index contributed by atoms with van der Waals surface area (Å²) in [6, 6.07) is 0. The number of hydrogen-bond acceptors (Lipinski definition) is 5. The minimum Gasteiger partial charge on any atom is -0.458 e. The topological polar surface area (TPSA) is 91.0 Å². The number of carbonyl (C=O) groups excluding carboxylic acids is 2. The van der Waals surface area contributed by atoms with Crippen LogP contribution >= 0.6 is 11.6 Å². The molecule has 0 unspecified atom stereocenters. The molecule has 2 rings (SSSR count). The van der Waals surface area contributed by atoms with Crippen LogP contribution in [0.3, 0.4) is 0 Å². The van der Waals surface area contributed by atoms with Gasteiger partial charge < -0.3 is 10.1 Å². The molecule has 130 valence electrons. The molecule has 0 aromatic carbocycles. The van der Waals surface area contributed by atoms with E-state index in [2.05, 4.69) is 15.5 Å². The third-order valence-corrected chi connectivity index (χ3v) is 3.46. The molecule has 0 aliphatic heterocycles. The summed E-state index contributed by atoms with van der Waals surface area (Å²) in [6.45, 7) is 7.66. The molecule has 0 saturated carbocycles. The van der Waals surface area contributed by atoms with Crippen LogP contribution in [-0.4, -0.2) is 37.5 Å². The Morgan fingerprint density at radius 2 is 2.00 bits per heavy atom. The number of anilines is 1. The third-order valence-electron chi connectivity index (χ3n) is 3.09. The Morgan fingerprint density at radius 1 is 1.29 bits per heavy atom. The number of nitrogens with one attached hydrogen (secondary N) is 1. The largest absolute Gasteiger partial charge is 0.458 e. The van der Waals surface area contributed by atoms with E-state index in [1.807, 2.05) is 6.92 Å². The van der Waals surface area contributed by atoms with Crippen LogP contribution in [-0.2, 0) is 22.6 Å². The monoisotopic (exact) mass is 353 g/mol. The van der Waals surface area contributed by atoms with Crippen LogP contribution in [0, 0.1) is 6.92 Å². The fraction of sp³-hybridized carbons (Fsp3) is 0.467. The summed E-state index contributed by atoms with van der Waals surface area (Å²) in [5, 5.41) is 11.4. The number of amides is 1. The number of ether oxygens (including phenoxy) is 1. The highest BCUT2D eigenvalue weighted by Gasteiger charge is 2.21. The summed E-state index contributed by atoms with van der Waals surface area (Å²) in [7, 11) is 0. The normalized spacial score (nSPS) is 10.9.